The minimum absolute atomic E-state index is 0.0520. The van der Waals surface area contributed by atoms with Gasteiger partial charge in [0.15, 0.2) is 6.61 Å². The second kappa shape index (κ2) is 4.53. The van der Waals surface area contributed by atoms with Crippen molar-refractivity contribution in [3.05, 3.63) is 29.3 Å². The molecule has 0 unspecified atom stereocenters. The van der Waals surface area contributed by atoms with E-state index in [-0.39, 0.29) is 12.5 Å². The average molecular weight is 226 g/mol. The summed E-state index contributed by atoms with van der Waals surface area (Å²) in [4.78, 5) is 13.2. The first kappa shape index (κ1) is 10.3. The fourth-order valence-corrected chi connectivity index (χ4v) is 1.46. The monoisotopic (exact) mass is 225 g/mol. The zero-order chi connectivity index (χ0) is 10.7. The lowest BCUT2D eigenvalue weighted by atomic mass is 10.2. The van der Waals surface area contributed by atoms with Crippen molar-refractivity contribution in [1.29, 1.82) is 0 Å². The molecule has 0 atom stereocenters. The van der Waals surface area contributed by atoms with Gasteiger partial charge in [0.05, 0.1) is 0 Å². The van der Waals surface area contributed by atoms with Gasteiger partial charge in [0.1, 0.15) is 5.75 Å². The second-order valence-corrected chi connectivity index (χ2v) is 3.91. The summed E-state index contributed by atoms with van der Waals surface area (Å²) in [6, 6.07) is 6.99. The first-order valence-electron chi connectivity index (χ1n) is 4.92. The number of ether oxygens (including phenoxy) is 1. The largest absolute Gasteiger partial charge is 0.484 e. The second-order valence-electron chi connectivity index (χ2n) is 3.48. The van der Waals surface area contributed by atoms with Gasteiger partial charge in [-0.3, -0.25) is 4.79 Å². The van der Waals surface area contributed by atoms with Crippen LogP contribution in [0.3, 0.4) is 0 Å². The summed E-state index contributed by atoms with van der Waals surface area (Å²) in [7, 11) is 0. The lowest BCUT2D eigenvalue weighted by Crippen LogP contribution is -2.44. The maximum absolute atomic E-state index is 11.4. The Labute approximate surface area is 93.6 Å². The molecule has 0 aromatic heterocycles. The van der Waals surface area contributed by atoms with E-state index in [4.69, 9.17) is 16.3 Å². The van der Waals surface area contributed by atoms with Crippen LogP contribution in [0.15, 0.2) is 24.3 Å². The fraction of sp³-hybridized carbons (Fsp3) is 0.364. The van der Waals surface area contributed by atoms with Crippen molar-refractivity contribution in [1.82, 2.24) is 4.90 Å². The van der Waals surface area contributed by atoms with E-state index < -0.39 is 0 Å². The molecule has 2 rings (SSSR count). The van der Waals surface area contributed by atoms with E-state index in [1.807, 2.05) is 0 Å². The quantitative estimate of drug-likeness (QED) is 0.787. The molecule has 80 valence electrons. The highest BCUT2D eigenvalue weighted by Crippen LogP contribution is 2.15. The molecule has 0 radical (unpaired) electrons. The highest BCUT2D eigenvalue weighted by atomic mass is 35.5. The maximum Gasteiger partial charge on any atom is 0.260 e. The van der Waals surface area contributed by atoms with Crippen molar-refractivity contribution >= 4 is 17.5 Å². The SMILES string of the molecule is O=C(COc1ccc(Cl)cc1)N1CCC1. The third-order valence-corrected chi connectivity index (χ3v) is 2.64. The molecule has 0 bridgehead atoms. The number of halogens is 1. The molecule has 1 aromatic rings. The first-order valence-corrected chi connectivity index (χ1v) is 5.29. The van der Waals surface area contributed by atoms with Crippen LogP contribution < -0.4 is 4.74 Å². The highest BCUT2D eigenvalue weighted by Gasteiger charge is 2.20. The summed E-state index contributed by atoms with van der Waals surface area (Å²) in [5.74, 6) is 0.726. The van der Waals surface area contributed by atoms with Crippen LogP contribution in [0.4, 0.5) is 0 Å². The summed E-state index contributed by atoms with van der Waals surface area (Å²) in [6.07, 6.45) is 1.10. The van der Waals surface area contributed by atoms with Gasteiger partial charge in [-0.15, -0.1) is 0 Å². The van der Waals surface area contributed by atoms with Gasteiger partial charge in [0.25, 0.3) is 5.91 Å². The molecular weight excluding hydrogens is 214 g/mol. The van der Waals surface area contributed by atoms with E-state index in [1.165, 1.54) is 0 Å². The molecule has 1 heterocycles. The van der Waals surface area contributed by atoms with Gasteiger partial charge in [-0.25, -0.2) is 0 Å². The van der Waals surface area contributed by atoms with Crippen LogP contribution in [0.2, 0.25) is 5.02 Å². The molecular formula is C11H12ClNO2. The van der Waals surface area contributed by atoms with Gasteiger partial charge in [-0.1, -0.05) is 11.6 Å². The van der Waals surface area contributed by atoms with Crippen molar-refractivity contribution < 1.29 is 9.53 Å². The number of carbonyl (C=O) groups excluding carboxylic acids is 1. The van der Waals surface area contributed by atoms with Crippen LogP contribution in [0.1, 0.15) is 6.42 Å². The number of rotatable bonds is 3. The van der Waals surface area contributed by atoms with Crippen LogP contribution in [0, 0.1) is 0 Å². The van der Waals surface area contributed by atoms with Crippen LogP contribution in [0.25, 0.3) is 0 Å². The van der Waals surface area contributed by atoms with Crippen molar-refractivity contribution in [3.8, 4) is 5.75 Å². The number of hydrogen-bond donors (Lipinski definition) is 0. The Morgan fingerprint density at radius 1 is 1.33 bits per heavy atom. The van der Waals surface area contributed by atoms with Gasteiger partial charge in [0, 0.05) is 18.1 Å². The molecule has 1 aliphatic rings. The lowest BCUT2D eigenvalue weighted by molar-refractivity contribution is -0.136. The zero-order valence-corrected chi connectivity index (χ0v) is 9.04. The molecule has 0 spiro atoms. The van der Waals surface area contributed by atoms with Crippen molar-refractivity contribution in [2.45, 2.75) is 6.42 Å². The van der Waals surface area contributed by atoms with E-state index in [1.54, 1.807) is 29.2 Å². The molecule has 0 saturated carbocycles. The predicted octanol–water partition coefficient (Wildman–Crippen LogP) is 1.95. The van der Waals surface area contributed by atoms with E-state index in [0.717, 1.165) is 19.5 Å². The van der Waals surface area contributed by atoms with E-state index in [9.17, 15) is 4.79 Å². The summed E-state index contributed by atoms with van der Waals surface area (Å²) < 4.78 is 5.33. The minimum Gasteiger partial charge on any atom is -0.484 e. The van der Waals surface area contributed by atoms with Gasteiger partial charge in [-0.05, 0) is 30.7 Å². The van der Waals surface area contributed by atoms with Crippen LogP contribution in [0.5, 0.6) is 5.75 Å². The Bertz CT molecular complexity index is 346. The van der Waals surface area contributed by atoms with Crippen LogP contribution in [-0.2, 0) is 4.79 Å². The summed E-state index contributed by atoms with van der Waals surface area (Å²) >= 11 is 5.73. The summed E-state index contributed by atoms with van der Waals surface area (Å²) in [5, 5.41) is 0.663. The number of amides is 1. The molecule has 1 amide bonds. The lowest BCUT2D eigenvalue weighted by Gasteiger charge is -2.30. The summed E-state index contributed by atoms with van der Waals surface area (Å²) in [6.45, 7) is 1.84. The standard InChI is InChI=1S/C11H12ClNO2/c12-9-2-4-10(5-3-9)15-8-11(14)13-6-1-7-13/h2-5H,1,6-8H2. The average Bonchev–Trinajstić information content (AvgIpc) is 2.14. The Morgan fingerprint density at radius 3 is 2.53 bits per heavy atom. The molecule has 1 aliphatic heterocycles. The third kappa shape index (κ3) is 2.63. The minimum atomic E-state index is 0.0520. The van der Waals surface area contributed by atoms with Crippen LogP contribution in [-0.4, -0.2) is 30.5 Å². The van der Waals surface area contributed by atoms with Gasteiger partial charge in [-0.2, -0.15) is 0 Å². The third-order valence-electron chi connectivity index (χ3n) is 2.38. The Kier molecular flexibility index (Phi) is 3.11. The Balaban J connectivity index is 1.82. The Morgan fingerprint density at radius 2 is 2.00 bits per heavy atom. The van der Waals surface area contributed by atoms with E-state index in [0.29, 0.717) is 10.8 Å². The number of hydrogen-bond acceptors (Lipinski definition) is 2. The van der Waals surface area contributed by atoms with Gasteiger partial charge in [0.2, 0.25) is 0 Å². The fourth-order valence-electron chi connectivity index (χ4n) is 1.33. The number of carbonyl (C=O) groups is 1. The van der Waals surface area contributed by atoms with Gasteiger partial charge >= 0.3 is 0 Å². The highest BCUT2D eigenvalue weighted by molar-refractivity contribution is 6.30. The molecule has 0 N–H and O–H groups in total. The number of benzene rings is 1. The topological polar surface area (TPSA) is 29.5 Å². The first-order chi connectivity index (χ1) is 7.25. The normalized spacial score (nSPS) is 14.6. The summed E-state index contributed by atoms with van der Waals surface area (Å²) in [5.41, 5.74) is 0. The maximum atomic E-state index is 11.4. The van der Waals surface area contributed by atoms with Crippen LogP contribution >= 0.6 is 11.6 Å². The molecule has 15 heavy (non-hydrogen) atoms. The zero-order valence-electron chi connectivity index (χ0n) is 8.28. The van der Waals surface area contributed by atoms with Gasteiger partial charge < -0.3 is 9.64 Å². The number of nitrogens with zero attached hydrogens (tertiary/aromatic N) is 1. The van der Waals surface area contributed by atoms with E-state index in [2.05, 4.69) is 0 Å². The molecule has 1 aromatic carbocycles. The van der Waals surface area contributed by atoms with Crippen molar-refractivity contribution in [2.75, 3.05) is 19.7 Å². The Hall–Kier alpha value is -1.22. The predicted molar refractivity (Wildman–Crippen MR) is 58.1 cm³/mol. The van der Waals surface area contributed by atoms with Crippen molar-refractivity contribution in [3.63, 3.8) is 0 Å². The number of likely N-dealkylation sites (tertiary alicyclic amines) is 1. The van der Waals surface area contributed by atoms with Crippen molar-refractivity contribution in [2.24, 2.45) is 0 Å². The molecule has 4 heteroatoms. The molecule has 1 saturated heterocycles. The molecule has 0 aliphatic carbocycles. The van der Waals surface area contributed by atoms with E-state index >= 15 is 0 Å². The molecule has 1 fully saturated rings. The molecule has 3 nitrogen and oxygen atoms in total. The smallest absolute Gasteiger partial charge is 0.260 e.